The molecule has 0 saturated heterocycles. The summed E-state index contributed by atoms with van der Waals surface area (Å²) in [5.41, 5.74) is 9.54. The summed E-state index contributed by atoms with van der Waals surface area (Å²) in [6, 6.07) is 11.8. The lowest BCUT2D eigenvalue weighted by atomic mass is 10.1. The first-order chi connectivity index (χ1) is 10.1. The largest absolute Gasteiger partial charge is 0.398 e. The molecule has 0 unspecified atom stereocenters. The van der Waals surface area contributed by atoms with Gasteiger partial charge in [0.05, 0.1) is 21.6 Å². The molecule has 21 heavy (non-hydrogen) atoms. The van der Waals surface area contributed by atoms with Crippen LogP contribution < -0.4 is 5.73 Å². The quantitative estimate of drug-likeness (QED) is 0.681. The van der Waals surface area contributed by atoms with Crippen LogP contribution in [0.3, 0.4) is 0 Å². The van der Waals surface area contributed by atoms with Gasteiger partial charge in [-0.2, -0.15) is 0 Å². The fraction of sp³-hybridized carbons (Fsp3) is 0.188. The van der Waals surface area contributed by atoms with Gasteiger partial charge in [-0.25, -0.2) is 4.98 Å². The molecule has 4 rings (SSSR count). The highest BCUT2D eigenvalue weighted by molar-refractivity contribution is 6.34. The van der Waals surface area contributed by atoms with Crippen LogP contribution >= 0.6 is 23.2 Å². The van der Waals surface area contributed by atoms with Crippen LogP contribution in [0.5, 0.6) is 0 Å². The second-order valence-electron chi connectivity index (χ2n) is 5.37. The Morgan fingerprint density at radius 1 is 1.14 bits per heavy atom. The third-order valence-electron chi connectivity index (χ3n) is 3.83. The molecule has 1 saturated carbocycles. The Balaban J connectivity index is 2.07. The molecule has 0 atom stereocenters. The second kappa shape index (κ2) is 4.65. The van der Waals surface area contributed by atoms with E-state index in [0.29, 0.717) is 21.8 Å². The van der Waals surface area contributed by atoms with Gasteiger partial charge in [-0.15, -0.1) is 0 Å². The predicted molar refractivity (Wildman–Crippen MR) is 87.9 cm³/mol. The SMILES string of the molecule is Nc1cccc(Cl)c1-c1nc2ccc(Cl)cc2n1C1CC1. The smallest absolute Gasteiger partial charge is 0.144 e. The Labute approximate surface area is 132 Å². The topological polar surface area (TPSA) is 43.8 Å². The maximum atomic E-state index is 6.36. The highest BCUT2D eigenvalue weighted by Crippen LogP contribution is 2.44. The fourth-order valence-electron chi connectivity index (χ4n) is 2.72. The van der Waals surface area contributed by atoms with Crippen LogP contribution in [0.25, 0.3) is 22.4 Å². The van der Waals surface area contributed by atoms with Crippen LogP contribution in [0.4, 0.5) is 5.69 Å². The summed E-state index contributed by atoms with van der Waals surface area (Å²) in [6.07, 6.45) is 2.30. The van der Waals surface area contributed by atoms with Gasteiger partial charge in [-0.05, 0) is 43.2 Å². The van der Waals surface area contributed by atoms with Gasteiger partial charge in [0.15, 0.2) is 0 Å². The molecule has 2 aromatic carbocycles. The molecule has 1 aliphatic carbocycles. The van der Waals surface area contributed by atoms with Crippen molar-refractivity contribution in [2.24, 2.45) is 0 Å². The highest BCUT2D eigenvalue weighted by atomic mass is 35.5. The zero-order valence-electron chi connectivity index (χ0n) is 11.2. The number of imidazole rings is 1. The van der Waals surface area contributed by atoms with Crippen molar-refractivity contribution in [3.63, 3.8) is 0 Å². The minimum absolute atomic E-state index is 0.458. The molecule has 2 N–H and O–H groups in total. The van der Waals surface area contributed by atoms with Crippen LogP contribution in [0.1, 0.15) is 18.9 Å². The molecule has 1 fully saturated rings. The third-order valence-corrected chi connectivity index (χ3v) is 4.38. The number of fused-ring (bicyclic) bond motifs is 1. The summed E-state index contributed by atoms with van der Waals surface area (Å²) in [5.74, 6) is 0.831. The monoisotopic (exact) mass is 317 g/mol. The lowest BCUT2D eigenvalue weighted by Gasteiger charge is -2.11. The van der Waals surface area contributed by atoms with E-state index < -0.39 is 0 Å². The number of rotatable bonds is 2. The molecule has 0 spiro atoms. The minimum Gasteiger partial charge on any atom is -0.398 e. The summed E-state index contributed by atoms with van der Waals surface area (Å²) in [5, 5.41) is 1.33. The molecular formula is C16H13Cl2N3. The molecule has 3 nitrogen and oxygen atoms in total. The molecule has 1 aromatic heterocycles. The first-order valence-corrected chi connectivity index (χ1v) is 7.62. The Kier molecular flexibility index (Phi) is 2.88. The average Bonchev–Trinajstić information content (AvgIpc) is 3.21. The van der Waals surface area contributed by atoms with Crippen molar-refractivity contribution in [2.45, 2.75) is 18.9 Å². The van der Waals surface area contributed by atoms with Crippen molar-refractivity contribution in [3.05, 3.63) is 46.4 Å². The summed E-state index contributed by atoms with van der Waals surface area (Å²) >= 11 is 12.5. The van der Waals surface area contributed by atoms with Gasteiger partial charge in [-0.3, -0.25) is 0 Å². The molecular weight excluding hydrogens is 305 g/mol. The molecule has 0 bridgehead atoms. The van der Waals surface area contributed by atoms with Gasteiger partial charge < -0.3 is 10.3 Å². The average molecular weight is 318 g/mol. The maximum Gasteiger partial charge on any atom is 0.144 e. The van der Waals surface area contributed by atoms with E-state index in [2.05, 4.69) is 4.57 Å². The second-order valence-corrected chi connectivity index (χ2v) is 6.22. The zero-order valence-corrected chi connectivity index (χ0v) is 12.7. The van der Waals surface area contributed by atoms with Crippen molar-refractivity contribution in [1.29, 1.82) is 0 Å². The van der Waals surface area contributed by atoms with Crippen molar-refractivity contribution in [1.82, 2.24) is 9.55 Å². The van der Waals surface area contributed by atoms with Gasteiger partial charge >= 0.3 is 0 Å². The van der Waals surface area contributed by atoms with Gasteiger partial charge in [-0.1, -0.05) is 29.3 Å². The van der Waals surface area contributed by atoms with Crippen LogP contribution in [-0.2, 0) is 0 Å². The van der Waals surface area contributed by atoms with E-state index in [-0.39, 0.29) is 0 Å². The van der Waals surface area contributed by atoms with Gasteiger partial charge in [0, 0.05) is 16.8 Å². The first kappa shape index (κ1) is 13.0. The van der Waals surface area contributed by atoms with Crippen LogP contribution in [0.2, 0.25) is 10.0 Å². The number of nitrogens with two attached hydrogens (primary N) is 1. The van der Waals surface area contributed by atoms with E-state index in [1.807, 2.05) is 36.4 Å². The Morgan fingerprint density at radius 2 is 1.95 bits per heavy atom. The van der Waals surface area contributed by atoms with Crippen molar-refractivity contribution >= 4 is 39.9 Å². The normalized spacial score (nSPS) is 14.8. The molecule has 0 radical (unpaired) electrons. The zero-order chi connectivity index (χ0) is 14.6. The number of aromatic nitrogens is 2. The maximum absolute atomic E-state index is 6.36. The minimum atomic E-state index is 0.458. The molecule has 0 amide bonds. The molecule has 106 valence electrons. The van der Waals surface area contributed by atoms with E-state index in [0.717, 1.165) is 35.3 Å². The van der Waals surface area contributed by atoms with Crippen LogP contribution in [0, 0.1) is 0 Å². The molecule has 0 aliphatic heterocycles. The molecule has 1 heterocycles. The molecule has 1 aliphatic rings. The van der Waals surface area contributed by atoms with Crippen LogP contribution in [0.15, 0.2) is 36.4 Å². The Bertz CT molecular complexity index is 830. The first-order valence-electron chi connectivity index (χ1n) is 6.87. The predicted octanol–water partition coefficient (Wildman–Crippen LogP) is 4.93. The van der Waals surface area contributed by atoms with E-state index >= 15 is 0 Å². The number of anilines is 1. The Morgan fingerprint density at radius 3 is 2.67 bits per heavy atom. The summed E-state index contributed by atoms with van der Waals surface area (Å²) < 4.78 is 2.22. The third kappa shape index (κ3) is 2.08. The number of nitrogen functional groups attached to an aromatic ring is 1. The van der Waals surface area contributed by atoms with Gasteiger partial charge in [0.1, 0.15) is 5.82 Å². The Hall–Kier alpha value is -1.71. The summed E-state index contributed by atoms with van der Waals surface area (Å²) in [4.78, 5) is 4.75. The van der Waals surface area contributed by atoms with Crippen molar-refractivity contribution < 1.29 is 0 Å². The number of halogens is 2. The number of benzene rings is 2. The van der Waals surface area contributed by atoms with Crippen LogP contribution in [-0.4, -0.2) is 9.55 Å². The lowest BCUT2D eigenvalue weighted by Crippen LogP contribution is -2.00. The van der Waals surface area contributed by atoms with E-state index in [1.54, 1.807) is 0 Å². The van der Waals surface area contributed by atoms with E-state index in [9.17, 15) is 0 Å². The standard InChI is InChI=1S/C16H13Cl2N3/c17-9-4-7-13-14(8-9)21(10-5-6-10)16(20-13)15-11(18)2-1-3-12(15)19/h1-4,7-8,10H,5-6,19H2. The summed E-state index contributed by atoms with van der Waals surface area (Å²) in [7, 11) is 0. The van der Waals surface area contributed by atoms with E-state index in [4.69, 9.17) is 33.9 Å². The van der Waals surface area contributed by atoms with Gasteiger partial charge in [0.2, 0.25) is 0 Å². The van der Waals surface area contributed by atoms with Gasteiger partial charge in [0.25, 0.3) is 0 Å². The number of hydrogen-bond acceptors (Lipinski definition) is 2. The van der Waals surface area contributed by atoms with Crippen molar-refractivity contribution in [3.8, 4) is 11.4 Å². The van der Waals surface area contributed by atoms with Crippen molar-refractivity contribution in [2.75, 3.05) is 5.73 Å². The highest BCUT2D eigenvalue weighted by Gasteiger charge is 2.30. The molecule has 5 heteroatoms. The number of nitrogens with zero attached hydrogens (tertiary/aromatic N) is 2. The lowest BCUT2D eigenvalue weighted by molar-refractivity contribution is 0.775. The fourth-order valence-corrected chi connectivity index (χ4v) is 3.15. The molecule has 3 aromatic rings. The van der Waals surface area contributed by atoms with E-state index in [1.165, 1.54) is 0 Å². The number of hydrogen-bond donors (Lipinski definition) is 1. The summed E-state index contributed by atoms with van der Waals surface area (Å²) in [6.45, 7) is 0.